The maximum Gasteiger partial charge on any atom is 0.270 e. The van der Waals surface area contributed by atoms with Crippen LogP contribution in [-0.2, 0) is 4.79 Å². The summed E-state index contributed by atoms with van der Waals surface area (Å²) >= 11 is 5.96. The van der Waals surface area contributed by atoms with Gasteiger partial charge in [-0.3, -0.25) is 10.1 Å². The van der Waals surface area contributed by atoms with Gasteiger partial charge in [-0.05, 0) is 41.6 Å². The molecule has 0 aliphatic rings. The molecule has 0 saturated heterocycles. The van der Waals surface area contributed by atoms with Gasteiger partial charge in [-0.25, -0.2) is 0 Å². The highest BCUT2D eigenvalue weighted by Crippen LogP contribution is 2.23. The zero-order valence-electron chi connectivity index (χ0n) is 13.2. The minimum absolute atomic E-state index is 0.0542. The van der Waals surface area contributed by atoms with Crippen molar-refractivity contribution in [3.05, 3.63) is 53.6 Å². The van der Waals surface area contributed by atoms with Crippen molar-refractivity contribution in [1.82, 2.24) is 10.1 Å². The quantitative estimate of drug-likeness (QED) is 0.725. The van der Waals surface area contributed by atoms with Gasteiger partial charge in [0.15, 0.2) is 6.61 Å². The van der Waals surface area contributed by atoms with Crippen molar-refractivity contribution in [2.24, 2.45) is 0 Å². The lowest BCUT2D eigenvalue weighted by Crippen LogP contribution is -2.20. The van der Waals surface area contributed by atoms with Gasteiger partial charge < -0.3 is 14.0 Å². The molecule has 0 atom stereocenters. The number of amides is 1. The molecule has 0 aliphatic carbocycles. The van der Waals surface area contributed by atoms with E-state index in [4.69, 9.17) is 25.6 Å². The fourth-order valence-corrected chi connectivity index (χ4v) is 2.18. The fraction of sp³-hybridized carbons (Fsp3) is 0.118. The monoisotopic (exact) mass is 359 g/mol. The lowest BCUT2D eigenvalue weighted by Gasteiger charge is -2.06. The molecule has 0 bridgehead atoms. The fourth-order valence-electron chi connectivity index (χ4n) is 1.99. The van der Waals surface area contributed by atoms with Crippen LogP contribution in [0.15, 0.2) is 53.1 Å². The Balaban J connectivity index is 1.59. The third-order valence-corrected chi connectivity index (χ3v) is 3.52. The standard InChI is InChI=1S/C17H14ClN3O4/c1-23-12-8-6-11(7-9-12)16-20-17(21-25-16)19-15(22)10-24-14-5-3-2-4-13(14)18/h2-9H,10H2,1H3,(H,19,21,22). The van der Waals surface area contributed by atoms with E-state index >= 15 is 0 Å². The van der Waals surface area contributed by atoms with Gasteiger partial charge in [-0.2, -0.15) is 4.98 Å². The first kappa shape index (κ1) is 16.8. The van der Waals surface area contributed by atoms with Crippen LogP contribution in [0.2, 0.25) is 5.02 Å². The highest BCUT2D eigenvalue weighted by atomic mass is 35.5. The minimum atomic E-state index is -0.429. The van der Waals surface area contributed by atoms with Gasteiger partial charge in [0.1, 0.15) is 11.5 Å². The summed E-state index contributed by atoms with van der Waals surface area (Å²) in [6.45, 7) is -0.226. The van der Waals surface area contributed by atoms with Gasteiger partial charge >= 0.3 is 0 Å². The molecule has 0 fully saturated rings. The number of halogens is 1. The maximum absolute atomic E-state index is 11.9. The summed E-state index contributed by atoms with van der Waals surface area (Å²) in [4.78, 5) is 16.0. The Morgan fingerprint density at radius 2 is 1.96 bits per heavy atom. The predicted octanol–water partition coefficient (Wildman–Crippen LogP) is 3.42. The number of carbonyl (C=O) groups excluding carboxylic acids is 1. The molecule has 0 saturated carbocycles. The second-order valence-corrected chi connectivity index (χ2v) is 5.33. The molecule has 3 rings (SSSR count). The van der Waals surface area contributed by atoms with E-state index in [1.165, 1.54) is 0 Å². The first-order valence-corrected chi connectivity index (χ1v) is 7.69. The summed E-state index contributed by atoms with van der Waals surface area (Å²) in [5, 5.41) is 6.64. The molecule has 2 aromatic carbocycles. The van der Waals surface area contributed by atoms with Crippen LogP contribution < -0.4 is 14.8 Å². The molecule has 0 spiro atoms. The number of benzene rings is 2. The number of methoxy groups -OCH3 is 1. The second-order valence-electron chi connectivity index (χ2n) is 4.92. The van der Waals surface area contributed by atoms with Crippen molar-refractivity contribution in [1.29, 1.82) is 0 Å². The molecule has 25 heavy (non-hydrogen) atoms. The molecular formula is C17H14ClN3O4. The average molecular weight is 360 g/mol. The number of nitrogens with zero attached hydrogens (tertiary/aromatic N) is 2. The molecule has 1 amide bonds. The maximum atomic E-state index is 11.9. The van der Waals surface area contributed by atoms with Crippen LogP contribution in [0.25, 0.3) is 11.5 Å². The van der Waals surface area contributed by atoms with Crippen molar-refractivity contribution in [2.45, 2.75) is 0 Å². The molecular weight excluding hydrogens is 346 g/mol. The van der Waals surface area contributed by atoms with Gasteiger partial charge in [0, 0.05) is 5.56 Å². The van der Waals surface area contributed by atoms with Crippen LogP contribution in [0, 0.1) is 0 Å². The van der Waals surface area contributed by atoms with Crippen molar-refractivity contribution < 1.29 is 18.8 Å². The number of aromatic nitrogens is 2. The zero-order valence-corrected chi connectivity index (χ0v) is 14.0. The van der Waals surface area contributed by atoms with E-state index in [1.807, 2.05) is 0 Å². The van der Waals surface area contributed by atoms with Gasteiger partial charge in [-0.15, -0.1) is 0 Å². The molecule has 0 aliphatic heterocycles. The highest BCUT2D eigenvalue weighted by Gasteiger charge is 2.12. The molecule has 1 heterocycles. The first-order chi connectivity index (χ1) is 12.2. The summed E-state index contributed by atoms with van der Waals surface area (Å²) < 4.78 is 15.6. The molecule has 0 radical (unpaired) electrons. The van der Waals surface area contributed by atoms with Crippen molar-refractivity contribution in [2.75, 3.05) is 19.0 Å². The number of rotatable bonds is 6. The van der Waals surface area contributed by atoms with Crippen molar-refractivity contribution in [3.63, 3.8) is 0 Å². The van der Waals surface area contributed by atoms with Crippen LogP contribution >= 0.6 is 11.6 Å². The Bertz CT molecular complexity index is 864. The summed E-state index contributed by atoms with van der Waals surface area (Å²) in [6.07, 6.45) is 0. The average Bonchev–Trinajstić information content (AvgIpc) is 3.09. The number of para-hydroxylation sites is 1. The summed E-state index contributed by atoms with van der Waals surface area (Å²) in [6, 6.07) is 14.0. The minimum Gasteiger partial charge on any atom is -0.497 e. The number of ether oxygens (including phenoxy) is 2. The molecule has 0 unspecified atom stereocenters. The van der Waals surface area contributed by atoms with E-state index < -0.39 is 5.91 Å². The lowest BCUT2D eigenvalue weighted by atomic mass is 10.2. The third-order valence-electron chi connectivity index (χ3n) is 3.21. The van der Waals surface area contributed by atoms with Crippen LogP contribution in [0.1, 0.15) is 0 Å². The Morgan fingerprint density at radius 3 is 2.68 bits per heavy atom. The van der Waals surface area contributed by atoms with E-state index in [0.717, 1.165) is 0 Å². The molecule has 8 heteroatoms. The molecule has 1 aromatic heterocycles. The number of anilines is 1. The molecule has 3 aromatic rings. The Hall–Kier alpha value is -3.06. The van der Waals surface area contributed by atoms with Gasteiger partial charge in [0.05, 0.1) is 12.1 Å². The van der Waals surface area contributed by atoms with E-state index in [2.05, 4.69) is 15.5 Å². The first-order valence-electron chi connectivity index (χ1n) is 7.31. The second kappa shape index (κ2) is 7.67. The van der Waals surface area contributed by atoms with Crippen LogP contribution in [0.4, 0.5) is 5.95 Å². The van der Waals surface area contributed by atoms with Gasteiger partial charge in [0.25, 0.3) is 17.7 Å². The van der Waals surface area contributed by atoms with Crippen LogP contribution in [-0.4, -0.2) is 29.8 Å². The van der Waals surface area contributed by atoms with E-state index in [0.29, 0.717) is 22.1 Å². The van der Waals surface area contributed by atoms with E-state index in [-0.39, 0.29) is 18.4 Å². The van der Waals surface area contributed by atoms with E-state index in [9.17, 15) is 4.79 Å². The number of carbonyl (C=O) groups is 1. The van der Waals surface area contributed by atoms with Crippen molar-refractivity contribution in [3.8, 4) is 23.0 Å². The highest BCUT2D eigenvalue weighted by molar-refractivity contribution is 6.32. The Kier molecular flexibility index (Phi) is 5.15. The lowest BCUT2D eigenvalue weighted by molar-refractivity contribution is -0.118. The van der Waals surface area contributed by atoms with Gasteiger partial charge in [0.2, 0.25) is 0 Å². The van der Waals surface area contributed by atoms with Crippen LogP contribution in [0.5, 0.6) is 11.5 Å². The molecule has 7 nitrogen and oxygen atoms in total. The van der Waals surface area contributed by atoms with Crippen molar-refractivity contribution >= 4 is 23.5 Å². The molecule has 128 valence electrons. The number of hydrogen-bond acceptors (Lipinski definition) is 6. The normalized spacial score (nSPS) is 10.3. The van der Waals surface area contributed by atoms with Crippen LogP contribution in [0.3, 0.4) is 0 Å². The largest absolute Gasteiger partial charge is 0.497 e. The third kappa shape index (κ3) is 4.27. The number of hydrogen-bond donors (Lipinski definition) is 1. The predicted molar refractivity (Wildman–Crippen MR) is 91.9 cm³/mol. The Morgan fingerprint density at radius 1 is 1.20 bits per heavy atom. The SMILES string of the molecule is COc1ccc(-c2nc(NC(=O)COc3ccccc3Cl)no2)cc1. The zero-order chi connectivity index (χ0) is 17.6. The summed E-state index contributed by atoms with van der Waals surface area (Å²) in [5.74, 6) is 1.05. The van der Waals surface area contributed by atoms with E-state index in [1.54, 1.807) is 55.6 Å². The summed E-state index contributed by atoms with van der Waals surface area (Å²) in [5.41, 5.74) is 0.709. The smallest absolute Gasteiger partial charge is 0.270 e. The Labute approximate surface area is 148 Å². The number of nitrogens with one attached hydrogen (secondary N) is 1. The topological polar surface area (TPSA) is 86.5 Å². The summed E-state index contributed by atoms with van der Waals surface area (Å²) in [7, 11) is 1.58. The van der Waals surface area contributed by atoms with Gasteiger partial charge in [-0.1, -0.05) is 23.7 Å². The molecule has 1 N–H and O–H groups in total.